The van der Waals surface area contributed by atoms with Gasteiger partial charge >= 0.3 is 0 Å². The van der Waals surface area contributed by atoms with Crippen LogP contribution < -0.4 is 5.32 Å². The maximum atomic E-state index is 4.17. The smallest absolute Gasteiger partial charge is 0.169 e. The van der Waals surface area contributed by atoms with Crippen LogP contribution in [0.15, 0.2) is 10.7 Å². The maximum absolute atomic E-state index is 4.17. The predicted molar refractivity (Wildman–Crippen MR) is 67.6 cm³/mol. The Kier molecular flexibility index (Phi) is 6.20. The maximum Gasteiger partial charge on any atom is 0.169 e. The van der Waals surface area contributed by atoms with E-state index in [0.29, 0.717) is 12.0 Å². The van der Waals surface area contributed by atoms with E-state index in [1.165, 1.54) is 18.0 Å². The van der Waals surface area contributed by atoms with Gasteiger partial charge < -0.3 is 5.32 Å². The van der Waals surface area contributed by atoms with Crippen molar-refractivity contribution in [3.05, 3.63) is 6.33 Å². The Morgan fingerprint density at radius 1 is 1.53 bits per heavy atom. The molecule has 5 heteroatoms. The summed E-state index contributed by atoms with van der Waals surface area (Å²) in [6, 6.07) is 0.568. The van der Waals surface area contributed by atoms with Gasteiger partial charge in [0.05, 0.1) is 0 Å². The van der Waals surface area contributed by atoms with Crippen molar-refractivity contribution in [2.75, 3.05) is 12.3 Å². The molecule has 3 nitrogen and oxygen atoms in total. The first-order valence-corrected chi connectivity index (χ1v) is 7.12. The fraction of sp³-hybridized carbons (Fsp3) is 0.800. The Labute approximate surface area is 100 Å². The molecule has 1 heterocycles. The van der Waals surface area contributed by atoms with Gasteiger partial charge in [0.15, 0.2) is 4.34 Å². The molecule has 0 aliphatic carbocycles. The van der Waals surface area contributed by atoms with Gasteiger partial charge in [-0.15, -0.1) is 0 Å². The minimum Gasteiger partial charge on any atom is -0.313 e. The van der Waals surface area contributed by atoms with Crippen LogP contribution in [0.25, 0.3) is 0 Å². The summed E-state index contributed by atoms with van der Waals surface area (Å²) >= 11 is 3.27. The molecule has 1 unspecified atom stereocenters. The van der Waals surface area contributed by atoms with E-state index in [2.05, 4.69) is 35.4 Å². The lowest BCUT2D eigenvalue weighted by molar-refractivity contribution is 0.434. The molecule has 0 saturated heterocycles. The summed E-state index contributed by atoms with van der Waals surface area (Å²) in [4.78, 5) is 4.17. The Balaban J connectivity index is 2.31. The van der Waals surface area contributed by atoms with Crippen molar-refractivity contribution in [2.45, 2.75) is 37.6 Å². The summed E-state index contributed by atoms with van der Waals surface area (Å²) in [5.74, 6) is 1.74. The largest absolute Gasteiger partial charge is 0.313 e. The number of thioether (sulfide) groups is 1. The van der Waals surface area contributed by atoms with Gasteiger partial charge in [-0.05, 0) is 30.4 Å². The molecule has 0 spiro atoms. The topological polar surface area (TPSA) is 37.8 Å². The van der Waals surface area contributed by atoms with Crippen molar-refractivity contribution in [3.8, 4) is 0 Å². The van der Waals surface area contributed by atoms with Gasteiger partial charge in [-0.25, -0.2) is 4.98 Å². The first-order chi connectivity index (χ1) is 7.24. The molecule has 0 saturated carbocycles. The number of hydrogen-bond donors (Lipinski definition) is 1. The summed E-state index contributed by atoms with van der Waals surface area (Å²) in [6.07, 6.45) is 2.81. The molecule has 1 atom stereocenters. The fourth-order valence-electron chi connectivity index (χ4n) is 1.20. The van der Waals surface area contributed by atoms with Gasteiger partial charge in [0.2, 0.25) is 0 Å². The first-order valence-electron chi connectivity index (χ1n) is 5.37. The van der Waals surface area contributed by atoms with Gasteiger partial charge in [-0.1, -0.05) is 32.5 Å². The summed E-state index contributed by atoms with van der Waals surface area (Å²) in [7, 11) is 0. The predicted octanol–water partition coefficient (Wildman–Crippen LogP) is 2.65. The molecule has 0 aliphatic heterocycles. The molecule has 86 valence electrons. The molecule has 0 aliphatic rings. The molecular weight excluding hydrogens is 226 g/mol. The molecule has 0 aromatic carbocycles. The number of rotatable bonds is 7. The molecule has 1 N–H and O–H groups in total. The van der Waals surface area contributed by atoms with E-state index >= 15 is 0 Å². The van der Waals surface area contributed by atoms with Crippen molar-refractivity contribution >= 4 is 23.3 Å². The summed E-state index contributed by atoms with van der Waals surface area (Å²) in [5, 5.41) is 3.57. The second-order valence-corrected chi connectivity index (χ2v) is 5.87. The molecular formula is C10H19N3S2. The van der Waals surface area contributed by atoms with Gasteiger partial charge in [-0.2, -0.15) is 4.37 Å². The van der Waals surface area contributed by atoms with Crippen LogP contribution in [0.2, 0.25) is 0 Å². The molecule has 0 bridgehead atoms. The third kappa shape index (κ3) is 4.95. The highest BCUT2D eigenvalue weighted by Gasteiger charge is 2.13. The lowest BCUT2D eigenvalue weighted by Crippen LogP contribution is -2.36. The first kappa shape index (κ1) is 12.9. The van der Waals surface area contributed by atoms with Crippen molar-refractivity contribution in [3.63, 3.8) is 0 Å². The van der Waals surface area contributed by atoms with E-state index in [9.17, 15) is 0 Å². The summed E-state index contributed by atoms with van der Waals surface area (Å²) < 4.78 is 5.06. The van der Waals surface area contributed by atoms with E-state index < -0.39 is 0 Å². The Morgan fingerprint density at radius 3 is 2.87 bits per heavy atom. The monoisotopic (exact) mass is 245 g/mol. The van der Waals surface area contributed by atoms with E-state index in [-0.39, 0.29) is 0 Å². The number of aromatic nitrogens is 2. The normalized spacial score (nSPS) is 13.3. The van der Waals surface area contributed by atoms with Crippen LogP contribution in [0, 0.1) is 5.92 Å². The van der Waals surface area contributed by atoms with E-state index in [4.69, 9.17) is 0 Å². The zero-order valence-corrected chi connectivity index (χ0v) is 11.2. The SMILES string of the molecule is CCCNC(CSc1ncns1)C(C)C. The van der Waals surface area contributed by atoms with Crippen LogP contribution in [-0.2, 0) is 0 Å². The molecule has 0 fully saturated rings. The van der Waals surface area contributed by atoms with Gasteiger partial charge in [0.25, 0.3) is 0 Å². The quantitative estimate of drug-likeness (QED) is 0.750. The van der Waals surface area contributed by atoms with Crippen LogP contribution in [0.3, 0.4) is 0 Å². The zero-order valence-electron chi connectivity index (χ0n) is 9.56. The number of hydrogen-bond acceptors (Lipinski definition) is 5. The molecule has 1 aromatic heterocycles. The molecule has 1 aromatic rings. The minimum atomic E-state index is 0.568. The fourth-order valence-corrected chi connectivity index (χ4v) is 2.97. The van der Waals surface area contributed by atoms with E-state index in [1.807, 2.05) is 0 Å². The standard InChI is InChI=1S/C10H19N3S2/c1-4-5-11-9(8(2)3)6-14-10-12-7-13-15-10/h7-9,11H,4-6H2,1-3H3. The van der Waals surface area contributed by atoms with Crippen molar-refractivity contribution in [1.82, 2.24) is 14.7 Å². The highest BCUT2D eigenvalue weighted by molar-refractivity contribution is 8.00. The van der Waals surface area contributed by atoms with Crippen molar-refractivity contribution < 1.29 is 0 Å². The Hall–Kier alpha value is -0.130. The van der Waals surface area contributed by atoms with Gasteiger partial charge in [0, 0.05) is 11.8 Å². The van der Waals surface area contributed by atoms with E-state index in [1.54, 1.807) is 18.1 Å². The lowest BCUT2D eigenvalue weighted by atomic mass is 10.1. The highest BCUT2D eigenvalue weighted by atomic mass is 32.2. The van der Waals surface area contributed by atoms with Crippen LogP contribution in [0.5, 0.6) is 0 Å². The van der Waals surface area contributed by atoms with Crippen LogP contribution in [0.4, 0.5) is 0 Å². The second-order valence-electron chi connectivity index (χ2n) is 3.82. The summed E-state index contributed by atoms with van der Waals surface area (Å²) in [6.45, 7) is 7.81. The van der Waals surface area contributed by atoms with Crippen LogP contribution >= 0.6 is 23.3 Å². The lowest BCUT2D eigenvalue weighted by Gasteiger charge is -2.21. The molecule has 1 rings (SSSR count). The average molecular weight is 245 g/mol. The Morgan fingerprint density at radius 2 is 2.33 bits per heavy atom. The minimum absolute atomic E-state index is 0.568. The van der Waals surface area contributed by atoms with Crippen LogP contribution in [-0.4, -0.2) is 27.7 Å². The molecule has 15 heavy (non-hydrogen) atoms. The van der Waals surface area contributed by atoms with E-state index in [0.717, 1.165) is 16.6 Å². The third-order valence-corrected chi connectivity index (χ3v) is 4.11. The zero-order chi connectivity index (χ0) is 11.1. The Bertz CT molecular complexity index is 249. The van der Waals surface area contributed by atoms with Gasteiger partial charge in [-0.3, -0.25) is 0 Å². The number of nitrogens with one attached hydrogen (secondary N) is 1. The summed E-state index contributed by atoms with van der Waals surface area (Å²) in [5.41, 5.74) is 0. The highest BCUT2D eigenvalue weighted by Crippen LogP contribution is 2.21. The number of nitrogens with zero attached hydrogens (tertiary/aromatic N) is 2. The molecule has 0 radical (unpaired) electrons. The average Bonchev–Trinajstić information content (AvgIpc) is 2.70. The van der Waals surface area contributed by atoms with Crippen LogP contribution in [0.1, 0.15) is 27.2 Å². The third-order valence-electron chi connectivity index (χ3n) is 2.19. The van der Waals surface area contributed by atoms with Gasteiger partial charge in [0.1, 0.15) is 6.33 Å². The van der Waals surface area contributed by atoms with Crippen molar-refractivity contribution in [2.24, 2.45) is 5.92 Å². The van der Waals surface area contributed by atoms with Crippen molar-refractivity contribution in [1.29, 1.82) is 0 Å². The second kappa shape index (κ2) is 7.19. The molecule has 0 amide bonds.